The molecule has 0 aliphatic rings. The van der Waals surface area contributed by atoms with Gasteiger partial charge in [-0.25, -0.2) is 8.42 Å². The van der Waals surface area contributed by atoms with Crippen molar-refractivity contribution in [2.45, 2.75) is 26.3 Å². The Morgan fingerprint density at radius 1 is 1.32 bits per heavy atom. The topological polar surface area (TPSA) is 119 Å². The second-order valence-electron chi connectivity index (χ2n) is 6.83. The zero-order chi connectivity index (χ0) is 23.2. The third kappa shape index (κ3) is 6.05. The molecular formula is C21H25N3O6S. The Kier molecular flexibility index (Phi) is 7.76. The van der Waals surface area contributed by atoms with Crippen LogP contribution in [0.4, 0.5) is 17.1 Å². The van der Waals surface area contributed by atoms with Gasteiger partial charge in [0.15, 0.2) is 0 Å². The van der Waals surface area contributed by atoms with E-state index in [1.807, 2.05) is 0 Å². The fourth-order valence-corrected chi connectivity index (χ4v) is 4.29. The minimum Gasteiger partial charge on any atom is -0.489 e. The van der Waals surface area contributed by atoms with Crippen LogP contribution in [-0.2, 0) is 14.8 Å². The standard InChI is InChI=1S/C21H25N3O6S/c1-5-12-30-18-9-7-8-16(13-18)22-21(25)19(6-2)23(31(4,28)29)20-14-17(24(26)27)11-10-15(20)3/h5,7-11,13-14,19H,1,6,12H2,2-4H3,(H,22,25). The number of nitrogens with zero attached hydrogens (tertiary/aromatic N) is 2. The predicted octanol–water partition coefficient (Wildman–Crippen LogP) is 3.65. The first kappa shape index (κ1) is 23.9. The maximum atomic E-state index is 13.1. The second-order valence-corrected chi connectivity index (χ2v) is 8.69. The van der Waals surface area contributed by atoms with E-state index in [4.69, 9.17) is 4.74 Å². The minimum absolute atomic E-state index is 0.0850. The van der Waals surface area contributed by atoms with E-state index >= 15 is 0 Å². The number of rotatable bonds is 10. The van der Waals surface area contributed by atoms with Crippen LogP contribution in [0.15, 0.2) is 55.1 Å². The average molecular weight is 448 g/mol. The second kappa shape index (κ2) is 10.1. The summed E-state index contributed by atoms with van der Waals surface area (Å²) in [5.74, 6) is -0.0556. The SMILES string of the molecule is C=CCOc1cccc(NC(=O)C(CC)N(c2cc([N+](=O)[O-])ccc2C)S(C)(=O)=O)c1. The highest BCUT2D eigenvalue weighted by Gasteiger charge is 2.33. The van der Waals surface area contributed by atoms with Crippen LogP contribution in [0.1, 0.15) is 18.9 Å². The molecule has 31 heavy (non-hydrogen) atoms. The third-order valence-electron chi connectivity index (χ3n) is 4.44. The van der Waals surface area contributed by atoms with Crippen LogP contribution in [0.5, 0.6) is 5.75 Å². The van der Waals surface area contributed by atoms with Gasteiger partial charge in [0.05, 0.1) is 16.9 Å². The third-order valence-corrected chi connectivity index (χ3v) is 5.61. The van der Waals surface area contributed by atoms with E-state index in [1.54, 1.807) is 44.2 Å². The Morgan fingerprint density at radius 3 is 2.61 bits per heavy atom. The largest absolute Gasteiger partial charge is 0.489 e. The molecule has 0 radical (unpaired) electrons. The van der Waals surface area contributed by atoms with Crippen LogP contribution < -0.4 is 14.4 Å². The summed E-state index contributed by atoms with van der Waals surface area (Å²) in [6.07, 6.45) is 2.70. The zero-order valence-corrected chi connectivity index (χ0v) is 18.4. The summed E-state index contributed by atoms with van der Waals surface area (Å²) in [6.45, 7) is 7.16. The smallest absolute Gasteiger partial charge is 0.271 e. The lowest BCUT2D eigenvalue weighted by Gasteiger charge is -2.31. The summed E-state index contributed by atoms with van der Waals surface area (Å²) < 4.78 is 31.7. The molecule has 166 valence electrons. The molecule has 2 aromatic rings. The Morgan fingerprint density at radius 2 is 2.03 bits per heavy atom. The number of nitro benzene ring substituents is 1. The molecule has 0 bridgehead atoms. The van der Waals surface area contributed by atoms with Crippen LogP contribution in [0.25, 0.3) is 0 Å². The van der Waals surface area contributed by atoms with Crippen LogP contribution in [-0.4, -0.2) is 38.2 Å². The maximum absolute atomic E-state index is 13.1. The number of anilines is 2. The fourth-order valence-electron chi connectivity index (χ4n) is 3.03. The molecule has 0 saturated heterocycles. The van der Waals surface area contributed by atoms with E-state index in [0.29, 0.717) is 23.6 Å². The quantitative estimate of drug-likeness (QED) is 0.337. The lowest BCUT2D eigenvalue weighted by molar-refractivity contribution is -0.384. The molecule has 2 rings (SSSR count). The van der Waals surface area contributed by atoms with Gasteiger partial charge >= 0.3 is 0 Å². The molecule has 1 atom stereocenters. The number of carbonyl (C=O) groups is 1. The first-order chi connectivity index (χ1) is 14.6. The zero-order valence-electron chi connectivity index (χ0n) is 17.6. The molecule has 0 saturated carbocycles. The number of nitro groups is 1. The van der Waals surface area contributed by atoms with E-state index in [0.717, 1.165) is 16.6 Å². The molecule has 1 N–H and O–H groups in total. The molecule has 0 aliphatic heterocycles. The number of nitrogens with one attached hydrogen (secondary N) is 1. The first-order valence-electron chi connectivity index (χ1n) is 9.47. The van der Waals surface area contributed by atoms with Gasteiger partial charge in [0, 0.05) is 23.9 Å². The summed E-state index contributed by atoms with van der Waals surface area (Å²) in [6, 6.07) is 9.45. The number of sulfonamides is 1. The number of hydrogen-bond acceptors (Lipinski definition) is 6. The molecule has 0 aliphatic carbocycles. The van der Waals surface area contributed by atoms with Gasteiger partial charge < -0.3 is 10.1 Å². The highest BCUT2D eigenvalue weighted by molar-refractivity contribution is 7.92. The lowest BCUT2D eigenvalue weighted by atomic mass is 10.1. The number of benzene rings is 2. The van der Waals surface area contributed by atoms with Crippen LogP contribution >= 0.6 is 0 Å². The van der Waals surface area contributed by atoms with Gasteiger partial charge in [0.2, 0.25) is 15.9 Å². The number of ether oxygens (including phenoxy) is 1. The molecule has 1 unspecified atom stereocenters. The number of amides is 1. The van der Waals surface area contributed by atoms with E-state index in [-0.39, 0.29) is 17.8 Å². The van der Waals surface area contributed by atoms with Gasteiger partial charge in [0.25, 0.3) is 5.69 Å². The van der Waals surface area contributed by atoms with Crippen molar-refractivity contribution >= 4 is 33.0 Å². The summed E-state index contributed by atoms with van der Waals surface area (Å²) in [4.78, 5) is 23.6. The predicted molar refractivity (Wildman–Crippen MR) is 120 cm³/mol. The van der Waals surface area contributed by atoms with Gasteiger partial charge in [-0.2, -0.15) is 0 Å². The van der Waals surface area contributed by atoms with E-state index in [9.17, 15) is 23.3 Å². The maximum Gasteiger partial charge on any atom is 0.271 e. The van der Waals surface area contributed by atoms with Crippen molar-refractivity contribution in [2.24, 2.45) is 0 Å². The molecule has 0 heterocycles. The number of hydrogen-bond donors (Lipinski definition) is 1. The van der Waals surface area contributed by atoms with E-state index in [1.165, 1.54) is 12.1 Å². The van der Waals surface area contributed by atoms with Crippen LogP contribution in [0, 0.1) is 17.0 Å². The monoisotopic (exact) mass is 447 g/mol. The Balaban J connectivity index is 2.42. The molecule has 0 spiro atoms. The Labute approximate surface area is 181 Å². The molecule has 1 amide bonds. The van der Waals surface area contributed by atoms with Crippen molar-refractivity contribution in [1.82, 2.24) is 0 Å². The van der Waals surface area contributed by atoms with Crippen molar-refractivity contribution in [3.05, 3.63) is 70.8 Å². The van der Waals surface area contributed by atoms with Gasteiger partial charge in [-0.05, 0) is 31.0 Å². The summed E-state index contributed by atoms with van der Waals surface area (Å²) >= 11 is 0. The van der Waals surface area contributed by atoms with Crippen molar-refractivity contribution in [2.75, 3.05) is 22.5 Å². The number of carbonyl (C=O) groups excluding carboxylic acids is 1. The van der Waals surface area contributed by atoms with E-state index < -0.39 is 26.9 Å². The van der Waals surface area contributed by atoms with Crippen molar-refractivity contribution < 1.29 is 22.9 Å². The van der Waals surface area contributed by atoms with Crippen molar-refractivity contribution in [1.29, 1.82) is 0 Å². The number of non-ortho nitro benzene ring substituents is 1. The Hall–Kier alpha value is -3.40. The molecular weight excluding hydrogens is 422 g/mol. The fraction of sp³-hybridized carbons (Fsp3) is 0.286. The molecule has 2 aromatic carbocycles. The van der Waals surface area contributed by atoms with Crippen molar-refractivity contribution in [3.63, 3.8) is 0 Å². The summed E-state index contributed by atoms with van der Waals surface area (Å²) in [5, 5.41) is 13.9. The number of aryl methyl sites for hydroxylation is 1. The lowest BCUT2D eigenvalue weighted by Crippen LogP contribution is -2.47. The first-order valence-corrected chi connectivity index (χ1v) is 11.3. The van der Waals surface area contributed by atoms with Crippen LogP contribution in [0.2, 0.25) is 0 Å². The van der Waals surface area contributed by atoms with E-state index in [2.05, 4.69) is 11.9 Å². The van der Waals surface area contributed by atoms with Gasteiger partial charge in [-0.15, -0.1) is 0 Å². The molecule has 0 fully saturated rings. The van der Waals surface area contributed by atoms with Crippen LogP contribution in [0.3, 0.4) is 0 Å². The molecule has 0 aromatic heterocycles. The van der Waals surface area contributed by atoms with Gasteiger partial charge in [0.1, 0.15) is 18.4 Å². The molecule has 10 heteroatoms. The minimum atomic E-state index is -3.94. The molecule has 9 nitrogen and oxygen atoms in total. The van der Waals surface area contributed by atoms with Gasteiger partial charge in [-0.3, -0.25) is 19.2 Å². The normalized spacial score (nSPS) is 12.0. The van der Waals surface area contributed by atoms with Crippen molar-refractivity contribution in [3.8, 4) is 5.75 Å². The highest BCUT2D eigenvalue weighted by Crippen LogP contribution is 2.30. The highest BCUT2D eigenvalue weighted by atomic mass is 32.2. The van der Waals surface area contributed by atoms with Gasteiger partial charge in [-0.1, -0.05) is 31.7 Å². The summed E-state index contributed by atoms with van der Waals surface area (Å²) in [5.41, 5.74) is 0.731. The Bertz CT molecular complexity index is 1080. The summed E-state index contributed by atoms with van der Waals surface area (Å²) in [7, 11) is -3.94. The average Bonchev–Trinajstić information content (AvgIpc) is 2.70.